The summed E-state index contributed by atoms with van der Waals surface area (Å²) in [4.78, 5) is 14.1. The average Bonchev–Trinajstić information content (AvgIpc) is 2.62. The number of likely N-dealkylation sites (N-methyl/N-ethyl adjacent to an activating group) is 1. The summed E-state index contributed by atoms with van der Waals surface area (Å²) in [6.45, 7) is 3.84. The van der Waals surface area contributed by atoms with Gasteiger partial charge in [0.25, 0.3) is 5.91 Å². The average molecular weight is 257 g/mol. The molecule has 4 heteroatoms. The molecule has 0 aromatic heterocycles. The standard InChI is InChI=1S/C15H19N3O/c1-10(14-11(2)16-18(5)15(14)19)12-6-8-13(9-7-12)17(3)4/h6-9H,1-5H3. The maximum absolute atomic E-state index is 12.1. The minimum Gasteiger partial charge on any atom is -0.378 e. The summed E-state index contributed by atoms with van der Waals surface area (Å²) in [6.07, 6.45) is 0. The van der Waals surface area contributed by atoms with E-state index in [1.165, 1.54) is 5.01 Å². The Balaban J connectivity index is 2.41. The molecule has 1 heterocycles. The second-order valence-corrected chi connectivity index (χ2v) is 4.96. The molecule has 0 spiro atoms. The molecule has 1 aliphatic rings. The van der Waals surface area contributed by atoms with Gasteiger partial charge in [0.1, 0.15) is 0 Å². The fourth-order valence-corrected chi connectivity index (χ4v) is 2.22. The number of carbonyl (C=O) groups excluding carboxylic acids is 1. The Hall–Kier alpha value is -2.10. The third-order valence-electron chi connectivity index (χ3n) is 3.36. The molecule has 0 aliphatic carbocycles. The Labute approximate surface area is 114 Å². The number of carbonyl (C=O) groups is 1. The molecule has 1 aromatic carbocycles. The number of amides is 1. The van der Waals surface area contributed by atoms with Gasteiger partial charge in [0.05, 0.1) is 11.3 Å². The van der Waals surface area contributed by atoms with Crippen molar-refractivity contribution in [2.45, 2.75) is 13.8 Å². The maximum Gasteiger partial charge on any atom is 0.275 e. The highest BCUT2D eigenvalue weighted by Crippen LogP contribution is 2.25. The zero-order valence-electron chi connectivity index (χ0n) is 12.1. The summed E-state index contributed by atoms with van der Waals surface area (Å²) in [7, 11) is 5.69. The smallest absolute Gasteiger partial charge is 0.275 e. The zero-order valence-corrected chi connectivity index (χ0v) is 12.1. The van der Waals surface area contributed by atoms with Crippen molar-refractivity contribution in [1.82, 2.24) is 5.01 Å². The molecular weight excluding hydrogens is 238 g/mol. The van der Waals surface area contributed by atoms with Gasteiger partial charge in [-0.3, -0.25) is 4.79 Å². The Morgan fingerprint density at radius 1 is 1.21 bits per heavy atom. The SMILES string of the molecule is CC1=NN(C)C(=O)C1=C(C)c1ccc(N(C)C)cc1. The fraction of sp³-hybridized carbons (Fsp3) is 0.333. The van der Waals surface area contributed by atoms with Crippen LogP contribution in [0, 0.1) is 0 Å². The van der Waals surface area contributed by atoms with Gasteiger partial charge in [-0.25, -0.2) is 5.01 Å². The van der Waals surface area contributed by atoms with Gasteiger partial charge in [-0.15, -0.1) is 0 Å². The van der Waals surface area contributed by atoms with Crippen molar-refractivity contribution in [3.63, 3.8) is 0 Å². The second-order valence-electron chi connectivity index (χ2n) is 4.96. The molecule has 19 heavy (non-hydrogen) atoms. The molecule has 0 fully saturated rings. The van der Waals surface area contributed by atoms with Crippen LogP contribution in [0.25, 0.3) is 5.57 Å². The van der Waals surface area contributed by atoms with Crippen molar-refractivity contribution < 1.29 is 4.79 Å². The Kier molecular flexibility index (Phi) is 3.42. The molecule has 100 valence electrons. The van der Waals surface area contributed by atoms with Crippen molar-refractivity contribution >= 4 is 22.9 Å². The van der Waals surface area contributed by atoms with E-state index < -0.39 is 0 Å². The van der Waals surface area contributed by atoms with Crippen molar-refractivity contribution in [3.05, 3.63) is 35.4 Å². The van der Waals surface area contributed by atoms with Gasteiger partial charge in [0.15, 0.2) is 0 Å². The first kappa shape index (κ1) is 13.3. The molecule has 2 rings (SSSR count). The van der Waals surface area contributed by atoms with Gasteiger partial charge < -0.3 is 4.90 Å². The lowest BCUT2D eigenvalue weighted by molar-refractivity contribution is -0.124. The first-order valence-corrected chi connectivity index (χ1v) is 6.24. The second kappa shape index (κ2) is 4.88. The molecule has 0 unspecified atom stereocenters. The predicted molar refractivity (Wildman–Crippen MR) is 79.2 cm³/mol. The van der Waals surface area contributed by atoms with Gasteiger partial charge in [0, 0.05) is 26.8 Å². The van der Waals surface area contributed by atoms with Crippen molar-refractivity contribution in [2.75, 3.05) is 26.0 Å². The summed E-state index contributed by atoms with van der Waals surface area (Å²) in [6, 6.07) is 8.18. The molecule has 0 N–H and O–H groups in total. The quantitative estimate of drug-likeness (QED) is 0.763. The van der Waals surface area contributed by atoms with Crippen LogP contribution in [0.3, 0.4) is 0 Å². The van der Waals surface area contributed by atoms with Crippen LogP contribution < -0.4 is 4.90 Å². The van der Waals surface area contributed by atoms with E-state index in [9.17, 15) is 4.79 Å². The Morgan fingerprint density at radius 2 is 1.79 bits per heavy atom. The maximum atomic E-state index is 12.1. The highest BCUT2D eigenvalue weighted by molar-refractivity contribution is 6.28. The van der Waals surface area contributed by atoms with Crippen LogP contribution in [0.2, 0.25) is 0 Å². The number of hydrazone groups is 1. The van der Waals surface area contributed by atoms with Crippen LogP contribution in [0.1, 0.15) is 19.4 Å². The molecule has 0 atom stereocenters. The van der Waals surface area contributed by atoms with Crippen LogP contribution >= 0.6 is 0 Å². The highest BCUT2D eigenvalue weighted by atomic mass is 16.2. The molecule has 0 saturated carbocycles. The molecule has 0 radical (unpaired) electrons. The normalized spacial score (nSPS) is 17.6. The molecule has 1 aliphatic heterocycles. The number of allylic oxidation sites excluding steroid dienone is 1. The van der Waals surface area contributed by atoms with E-state index in [2.05, 4.69) is 17.2 Å². The first-order valence-electron chi connectivity index (χ1n) is 6.24. The third-order valence-corrected chi connectivity index (χ3v) is 3.36. The molecule has 4 nitrogen and oxygen atoms in total. The lowest BCUT2D eigenvalue weighted by Gasteiger charge is -2.13. The van der Waals surface area contributed by atoms with E-state index >= 15 is 0 Å². The number of hydrogen-bond donors (Lipinski definition) is 0. The molecule has 1 aromatic rings. The topological polar surface area (TPSA) is 35.9 Å². The van der Waals surface area contributed by atoms with Gasteiger partial charge >= 0.3 is 0 Å². The van der Waals surface area contributed by atoms with Crippen molar-refractivity contribution in [1.29, 1.82) is 0 Å². The lowest BCUT2D eigenvalue weighted by atomic mass is 9.98. The first-order chi connectivity index (χ1) is 8.91. The summed E-state index contributed by atoms with van der Waals surface area (Å²) in [5, 5.41) is 5.57. The van der Waals surface area contributed by atoms with Crippen LogP contribution in [0.5, 0.6) is 0 Å². The van der Waals surface area contributed by atoms with Gasteiger partial charge in [0.2, 0.25) is 0 Å². The summed E-state index contributed by atoms with van der Waals surface area (Å²) in [5.74, 6) is -0.0355. The van der Waals surface area contributed by atoms with Crippen LogP contribution in [0.15, 0.2) is 34.9 Å². The van der Waals surface area contributed by atoms with Crippen LogP contribution in [-0.2, 0) is 4.79 Å². The molecule has 1 amide bonds. The monoisotopic (exact) mass is 257 g/mol. The minimum atomic E-state index is -0.0355. The minimum absolute atomic E-state index is 0.0355. The van der Waals surface area contributed by atoms with E-state index in [0.29, 0.717) is 5.57 Å². The fourth-order valence-electron chi connectivity index (χ4n) is 2.22. The van der Waals surface area contributed by atoms with E-state index in [4.69, 9.17) is 0 Å². The van der Waals surface area contributed by atoms with Gasteiger partial charge in [-0.1, -0.05) is 12.1 Å². The third kappa shape index (κ3) is 2.38. The number of benzene rings is 1. The van der Waals surface area contributed by atoms with E-state index in [1.807, 2.05) is 45.0 Å². The molecule has 0 bridgehead atoms. The summed E-state index contributed by atoms with van der Waals surface area (Å²) in [5.41, 5.74) is 4.66. The van der Waals surface area contributed by atoms with Gasteiger partial charge in [-0.05, 0) is 37.1 Å². The van der Waals surface area contributed by atoms with E-state index in [1.54, 1.807) is 7.05 Å². The summed E-state index contributed by atoms with van der Waals surface area (Å²) >= 11 is 0. The number of hydrogen-bond acceptors (Lipinski definition) is 3. The summed E-state index contributed by atoms with van der Waals surface area (Å²) < 4.78 is 0. The van der Waals surface area contributed by atoms with Crippen molar-refractivity contribution in [3.8, 4) is 0 Å². The number of rotatable bonds is 2. The van der Waals surface area contributed by atoms with E-state index in [0.717, 1.165) is 22.5 Å². The number of anilines is 1. The Morgan fingerprint density at radius 3 is 2.21 bits per heavy atom. The number of nitrogens with zero attached hydrogens (tertiary/aromatic N) is 3. The van der Waals surface area contributed by atoms with E-state index in [-0.39, 0.29) is 5.91 Å². The predicted octanol–water partition coefficient (Wildman–Crippen LogP) is 2.37. The molecule has 0 saturated heterocycles. The van der Waals surface area contributed by atoms with Crippen molar-refractivity contribution in [2.24, 2.45) is 5.10 Å². The highest BCUT2D eigenvalue weighted by Gasteiger charge is 2.26. The molecular formula is C15H19N3O. The van der Waals surface area contributed by atoms with Gasteiger partial charge in [-0.2, -0.15) is 5.10 Å². The van der Waals surface area contributed by atoms with Crippen LogP contribution in [-0.4, -0.2) is 37.8 Å². The largest absolute Gasteiger partial charge is 0.378 e. The zero-order chi connectivity index (χ0) is 14.2. The Bertz CT molecular complexity index is 568. The lowest BCUT2D eigenvalue weighted by Crippen LogP contribution is -2.17. The van der Waals surface area contributed by atoms with Crippen LogP contribution in [0.4, 0.5) is 5.69 Å².